The van der Waals surface area contributed by atoms with Crippen LogP contribution in [0.2, 0.25) is 0 Å². The van der Waals surface area contributed by atoms with Gasteiger partial charge in [-0.1, -0.05) is 32.6 Å². The van der Waals surface area contributed by atoms with Crippen LogP contribution in [0.4, 0.5) is 0 Å². The molecule has 104 valence electrons. The maximum Gasteiger partial charge on any atom is 0.223 e. The monoisotopic (exact) mass is 254 g/mol. The SMILES string of the molecule is CCCC[C@H](C(N)=O)[C@@H](CC1CC1)C(=O)NCC. The van der Waals surface area contributed by atoms with Crippen LogP contribution >= 0.6 is 0 Å². The van der Waals surface area contributed by atoms with Crippen molar-refractivity contribution in [3.63, 3.8) is 0 Å². The van der Waals surface area contributed by atoms with E-state index in [0.29, 0.717) is 12.5 Å². The third kappa shape index (κ3) is 4.67. The molecule has 1 aliphatic carbocycles. The summed E-state index contributed by atoms with van der Waals surface area (Å²) < 4.78 is 0. The minimum absolute atomic E-state index is 0.00398. The van der Waals surface area contributed by atoms with Crippen molar-refractivity contribution < 1.29 is 9.59 Å². The molecule has 0 heterocycles. The molecule has 1 rings (SSSR count). The first kappa shape index (κ1) is 15.0. The fourth-order valence-electron chi connectivity index (χ4n) is 2.44. The van der Waals surface area contributed by atoms with E-state index in [4.69, 9.17) is 5.73 Å². The van der Waals surface area contributed by atoms with Crippen LogP contribution in [0.25, 0.3) is 0 Å². The number of unbranched alkanes of at least 4 members (excludes halogenated alkanes) is 1. The lowest BCUT2D eigenvalue weighted by Gasteiger charge is -2.23. The Hall–Kier alpha value is -1.06. The molecule has 0 unspecified atom stereocenters. The molecule has 0 aliphatic heterocycles. The van der Waals surface area contributed by atoms with Crippen LogP contribution in [0, 0.1) is 17.8 Å². The molecule has 0 bridgehead atoms. The molecule has 0 aromatic heterocycles. The van der Waals surface area contributed by atoms with E-state index in [1.807, 2.05) is 6.92 Å². The van der Waals surface area contributed by atoms with Crippen molar-refractivity contribution in [1.82, 2.24) is 5.32 Å². The summed E-state index contributed by atoms with van der Waals surface area (Å²) in [5.74, 6) is -0.204. The smallest absolute Gasteiger partial charge is 0.223 e. The zero-order valence-electron chi connectivity index (χ0n) is 11.6. The van der Waals surface area contributed by atoms with Crippen LogP contribution in [0.1, 0.15) is 52.4 Å². The van der Waals surface area contributed by atoms with Gasteiger partial charge in [-0.2, -0.15) is 0 Å². The van der Waals surface area contributed by atoms with Crippen molar-refractivity contribution in [2.75, 3.05) is 6.54 Å². The molecule has 0 aromatic carbocycles. The highest BCUT2D eigenvalue weighted by Gasteiger charge is 2.36. The zero-order valence-corrected chi connectivity index (χ0v) is 11.6. The molecule has 0 spiro atoms. The average molecular weight is 254 g/mol. The Balaban J connectivity index is 2.68. The van der Waals surface area contributed by atoms with Gasteiger partial charge in [-0.05, 0) is 25.7 Å². The first-order chi connectivity index (χ1) is 8.60. The quantitative estimate of drug-likeness (QED) is 0.659. The summed E-state index contributed by atoms with van der Waals surface area (Å²) in [5.41, 5.74) is 5.49. The van der Waals surface area contributed by atoms with Gasteiger partial charge in [0, 0.05) is 18.4 Å². The Labute approximate surface area is 110 Å². The molecule has 0 aromatic rings. The standard InChI is InChI=1S/C14H26N2O2/c1-3-5-6-11(13(15)17)12(9-10-7-8-10)14(18)16-4-2/h10-12H,3-9H2,1-2H3,(H2,15,17)(H,16,18)/t11-,12+/m0/s1. The molecular weight excluding hydrogens is 228 g/mol. The number of hydrogen-bond donors (Lipinski definition) is 2. The van der Waals surface area contributed by atoms with Crippen LogP contribution < -0.4 is 11.1 Å². The first-order valence-electron chi connectivity index (χ1n) is 7.17. The second-order valence-electron chi connectivity index (χ2n) is 5.33. The van der Waals surface area contributed by atoms with Crippen LogP contribution in [0.3, 0.4) is 0 Å². The van der Waals surface area contributed by atoms with E-state index in [2.05, 4.69) is 12.2 Å². The Morgan fingerprint density at radius 2 is 1.94 bits per heavy atom. The van der Waals surface area contributed by atoms with Crippen LogP contribution in [-0.4, -0.2) is 18.4 Å². The molecular formula is C14H26N2O2. The molecule has 4 nitrogen and oxygen atoms in total. The Kier molecular flexibility index (Phi) is 6.16. The Bertz CT molecular complexity index is 288. The summed E-state index contributed by atoms with van der Waals surface area (Å²) in [5, 5.41) is 2.84. The van der Waals surface area contributed by atoms with E-state index in [1.54, 1.807) is 0 Å². The van der Waals surface area contributed by atoms with E-state index in [9.17, 15) is 9.59 Å². The second-order valence-corrected chi connectivity index (χ2v) is 5.33. The summed E-state index contributed by atoms with van der Waals surface area (Å²) in [7, 11) is 0. The van der Waals surface area contributed by atoms with Gasteiger partial charge in [0.25, 0.3) is 0 Å². The minimum atomic E-state index is -0.319. The van der Waals surface area contributed by atoms with Crippen LogP contribution in [0.15, 0.2) is 0 Å². The van der Waals surface area contributed by atoms with E-state index in [-0.39, 0.29) is 23.7 Å². The lowest BCUT2D eigenvalue weighted by atomic mass is 9.83. The number of rotatable bonds is 9. The topological polar surface area (TPSA) is 72.2 Å². The zero-order chi connectivity index (χ0) is 13.5. The Morgan fingerprint density at radius 1 is 1.28 bits per heavy atom. The third-order valence-corrected chi connectivity index (χ3v) is 3.69. The van der Waals surface area contributed by atoms with E-state index < -0.39 is 0 Å². The number of amides is 2. The second kappa shape index (κ2) is 7.39. The largest absolute Gasteiger partial charge is 0.369 e. The molecule has 0 radical (unpaired) electrons. The number of carbonyl (C=O) groups is 2. The van der Waals surface area contributed by atoms with Crippen LogP contribution in [-0.2, 0) is 9.59 Å². The molecule has 18 heavy (non-hydrogen) atoms. The summed E-state index contributed by atoms with van der Waals surface area (Å²) in [6, 6.07) is 0. The molecule has 0 saturated heterocycles. The number of nitrogens with two attached hydrogens (primary N) is 1. The number of nitrogens with one attached hydrogen (secondary N) is 1. The van der Waals surface area contributed by atoms with E-state index in [0.717, 1.165) is 25.7 Å². The number of primary amides is 1. The van der Waals surface area contributed by atoms with Gasteiger partial charge >= 0.3 is 0 Å². The van der Waals surface area contributed by atoms with Gasteiger partial charge in [-0.25, -0.2) is 0 Å². The van der Waals surface area contributed by atoms with Gasteiger partial charge in [-0.15, -0.1) is 0 Å². The predicted molar refractivity (Wildman–Crippen MR) is 71.7 cm³/mol. The van der Waals surface area contributed by atoms with Gasteiger partial charge in [0.2, 0.25) is 11.8 Å². The van der Waals surface area contributed by atoms with E-state index >= 15 is 0 Å². The molecule has 1 saturated carbocycles. The van der Waals surface area contributed by atoms with Crippen molar-refractivity contribution >= 4 is 11.8 Å². The summed E-state index contributed by atoms with van der Waals surface area (Å²) in [6.07, 6.45) is 5.91. The van der Waals surface area contributed by atoms with Gasteiger partial charge in [0.05, 0.1) is 0 Å². The number of hydrogen-bond acceptors (Lipinski definition) is 2. The lowest BCUT2D eigenvalue weighted by molar-refractivity contribution is -0.134. The molecule has 1 aliphatic rings. The van der Waals surface area contributed by atoms with Crippen molar-refractivity contribution in [2.45, 2.75) is 52.4 Å². The maximum absolute atomic E-state index is 12.1. The molecule has 2 amide bonds. The van der Waals surface area contributed by atoms with E-state index in [1.165, 1.54) is 12.8 Å². The molecule has 1 fully saturated rings. The van der Waals surface area contributed by atoms with Gasteiger partial charge < -0.3 is 11.1 Å². The summed E-state index contributed by atoms with van der Waals surface area (Å²) in [4.78, 5) is 23.7. The summed E-state index contributed by atoms with van der Waals surface area (Å²) in [6.45, 7) is 4.59. The number of carbonyl (C=O) groups excluding carboxylic acids is 2. The normalized spacial score (nSPS) is 18.1. The molecule has 4 heteroatoms. The molecule has 3 N–H and O–H groups in total. The molecule has 2 atom stereocenters. The first-order valence-corrected chi connectivity index (χ1v) is 7.17. The highest BCUT2D eigenvalue weighted by Crippen LogP contribution is 2.38. The van der Waals surface area contributed by atoms with Gasteiger partial charge in [-0.3, -0.25) is 9.59 Å². The highest BCUT2D eigenvalue weighted by atomic mass is 16.2. The average Bonchev–Trinajstić information content (AvgIpc) is 3.11. The maximum atomic E-state index is 12.1. The minimum Gasteiger partial charge on any atom is -0.369 e. The van der Waals surface area contributed by atoms with Crippen molar-refractivity contribution in [3.05, 3.63) is 0 Å². The third-order valence-electron chi connectivity index (χ3n) is 3.69. The van der Waals surface area contributed by atoms with Crippen molar-refractivity contribution in [2.24, 2.45) is 23.5 Å². The predicted octanol–water partition coefficient (Wildman–Crippen LogP) is 1.83. The van der Waals surface area contributed by atoms with Crippen LogP contribution in [0.5, 0.6) is 0 Å². The van der Waals surface area contributed by atoms with Gasteiger partial charge in [0.15, 0.2) is 0 Å². The van der Waals surface area contributed by atoms with Gasteiger partial charge in [0.1, 0.15) is 0 Å². The fraction of sp³-hybridized carbons (Fsp3) is 0.857. The van der Waals surface area contributed by atoms with Crippen molar-refractivity contribution in [1.29, 1.82) is 0 Å². The summed E-state index contributed by atoms with van der Waals surface area (Å²) >= 11 is 0. The fourth-order valence-corrected chi connectivity index (χ4v) is 2.44. The van der Waals surface area contributed by atoms with Crippen molar-refractivity contribution in [3.8, 4) is 0 Å². The Morgan fingerprint density at radius 3 is 2.39 bits per heavy atom. The highest BCUT2D eigenvalue weighted by molar-refractivity contribution is 5.86. The lowest BCUT2D eigenvalue weighted by Crippen LogP contribution is -2.40.